The summed E-state index contributed by atoms with van der Waals surface area (Å²) in [4.78, 5) is 4.46. The number of nitrogens with zero attached hydrogens (tertiary/aromatic N) is 1. The van der Waals surface area contributed by atoms with Gasteiger partial charge in [-0.1, -0.05) is 90.5 Å². The molecular weight excluding hydrogens is 326 g/mol. The van der Waals surface area contributed by atoms with Crippen molar-refractivity contribution in [2.24, 2.45) is 0 Å². The predicted molar refractivity (Wildman–Crippen MR) is 108 cm³/mol. The molecule has 0 spiro atoms. The van der Waals surface area contributed by atoms with E-state index in [4.69, 9.17) is 11.6 Å². The molecule has 0 aliphatic heterocycles. The Morgan fingerprint density at radius 2 is 1.36 bits per heavy atom. The van der Waals surface area contributed by atoms with E-state index in [1.54, 1.807) is 0 Å². The first-order chi connectivity index (χ1) is 12.3. The second kappa shape index (κ2) is 6.92. The minimum absolute atomic E-state index is 0.513. The summed E-state index contributed by atoms with van der Waals surface area (Å²) in [7, 11) is 0. The standard InChI is InChI=1S/C23H16ClN/c24-23-16-20(19-9-5-2-6-10-19)21-15-18(13-14-22(21)25-23)12-11-17-7-3-1-4-8-17/h1-16H/b12-11+. The van der Waals surface area contributed by atoms with E-state index in [1.165, 1.54) is 5.56 Å². The van der Waals surface area contributed by atoms with Crippen LogP contribution in [0.15, 0.2) is 84.9 Å². The zero-order chi connectivity index (χ0) is 17.1. The normalized spacial score (nSPS) is 11.2. The molecule has 0 saturated carbocycles. The van der Waals surface area contributed by atoms with Gasteiger partial charge < -0.3 is 0 Å². The van der Waals surface area contributed by atoms with Gasteiger partial charge in [0.2, 0.25) is 0 Å². The quantitative estimate of drug-likeness (QED) is 0.297. The third-order valence-electron chi connectivity index (χ3n) is 4.15. The Bertz CT molecular complexity index is 1040. The van der Waals surface area contributed by atoms with Crippen molar-refractivity contribution in [1.29, 1.82) is 0 Å². The smallest absolute Gasteiger partial charge is 0.130 e. The molecule has 0 saturated heterocycles. The Kier molecular flexibility index (Phi) is 4.32. The molecule has 2 heteroatoms. The first-order valence-corrected chi connectivity index (χ1v) is 8.56. The number of pyridine rings is 1. The largest absolute Gasteiger partial charge is 0.236 e. The maximum Gasteiger partial charge on any atom is 0.130 e. The second-order valence-electron chi connectivity index (χ2n) is 5.88. The third-order valence-corrected chi connectivity index (χ3v) is 4.35. The fourth-order valence-electron chi connectivity index (χ4n) is 2.93. The van der Waals surface area contributed by atoms with Crippen molar-refractivity contribution < 1.29 is 0 Å². The van der Waals surface area contributed by atoms with Crippen LogP contribution >= 0.6 is 11.6 Å². The molecule has 3 aromatic carbocycles. The highest BCUT2D eigenvalue weighted by Crippen LogP contribution is 2.31. The Labute approximate surface area is 152 Å². The molecule has 0 aliphatic rings. The first-order valence-electron chi connectivity index (χ1n) is 8.18. The molecule has 0 radical (unpaired) electrons. The van der Waals surface area contributed by atoms with Crippen molar-refractivity contribution in [2.75, 3.05) is 0 Å². The van der Waals surface area contributed by atoms with Crippen LogP contribution in [-0.4, -0.2) is 4.98 Å². The van der Waals surface area contributed by atoms with Crippen LogP contribution in [0.4, 0.5) is 0 Å². The van der Waals surface area contributed by atoms with Crippen molar-refractivity contribution in [1.82, 2.24) is 4.98 Å². The molecule has 4 rings (SSSR count). The number of hydrogen-bond donors (Lipinski definition) is 0. The van der Waals surface area contributed by atoms with Crippen molar-refractivity contribution in [3.8, 4) is 11.1 Å². The van der Waals surface area contributed by atoms with E-state index in [-0.39, 0.29) is 0 Å². The van der Waals surface area contributed by atoms with E-state index in [9.17, 15) is 0 Å². The fraction of sp³-hybridized carbons (Fsp3) is 0. The highest BCUT2D eigenvalue weighted by molar-refractivity contribution is 6.30. The number of aromatic nitrogens is 1. The Balaban J connectivity index is 1.82. The highest BCUT2D eigenvalue weighted by Gasteiger charge is 2.07. The lowest BCUT2D eigenvalue weighted by molar-refractivity contribution is 1.41. The Morgan fingerprint density at radius 1 is 0.680 bits per heavy atom. The molecule has 4 aromatic rings. The average molecular weight is 342 g/mol. The van der Waals surface area contributed by atoms with Gasteiger partial charge in [0.25, 0.3) is 0 Å². The van der Waals surface area contributed by atoms with Crippen LogP contribution in [0, 0.1) is 0 Å². The lowest BCUT2D eigenvalue weighted by Crippen LogP contribution is -1.87. The minimum Gasteiger partial charge on any atom is -0.236 e. The van der Waals surface area contributed by atoms with Crippen molar-refractivity contribution in [2.45, 2.75) is 0 Å². The van der Waals surface area contributed by atoms with Gasteiger partial charge in [-0.2, -0.15) is 0 Å². The number of rotatable bonds is 3. The summed E-state index contributed by atoms with van der Waals surface area (Å²) in [5, 5.41) is 1.62. The minimum atomic E-state index is 0.513. The van der Waals surface area contributed by atoms with Gasteiger partial charge in [0, 0.05) is 5.39 Å². The molecule has 1 aromatic heterocycles. The number of halogens is 1. The maximum atomic E-state index is 6.23. The van der Waals surface area contributed by atoms with E-state index < -0.39 is 0 Å². The van der Waals surface area contributed by atoms with Crippen molar-refractivity contribution >= 4 is 34.7 Å². The lowest BCUT2D eigenvalue weighted by Gasteiger charge is -2.08. The van der Waals surface area contributed by atoms with Crippen molar-refractivity contribution in [3.63, 3.8) is 0 Å². The molecule has 1 nitrogen and oxygen atoms in total. The molecule has 120 valence electrons. The van der Waals surface area contributed by atoms with Crippen LogP contribution in [0.1, 0.15) is 11.1 Å². The van der Waals surface area contributed by atoms with Gasteiger partial charge in [-0.3, -0.25) is 0 Å². The topological polar surface area (TPSA) is 12.9 Å². The Hall–Kier alpha value is -2.90. The molecule has 0 bridgehead atoms. The van der Waals surface area contributed by atoms with Crippen LogP contribution < -0.4 is 0 Å². The van der Waals surface area contributed by atoms with Gasteiger partial charge in [0.15, 0.2) is 0 Å². The monoisotopic (exact) mass is 341 g/mol. The van der Waals surface area contributed by atoms with E-state index in [2.05, 4.69) is 53.5 Å². The van der Waals surface area contributed by atoms with E-state index in [0.29, 0.717) is 5.15 Å². The third kappa shape index (κ3) is 3.47. The van der Waals surface area contributed by atoms with Crippen LogP contribution in [0.5, 0.6) is 0 Å². The maximum absolute atomic E-state index is 6.23. The molecule has 25 heavy (non-hydrogen) atoms. The van der Waals surface area contributed by atoms with Crippen LogP contribution in [0.25, 0.3) is 34.2 Å². The molecular formula is C23H16ClN. The first kappa shape index (κ1) is 15.6. The SMILES string of the molecule is Clc1cc(-c2ccccc2)c2cc(/C=C/c3ccccc3)ccc2n1. The number of hydrogen-bond acceptors (Lipinski definition) is 1. The van der Waals surface area contributed by atoms with Gasteiger partial charge in [-0.25, -0.2) is 4.98 Å². The average Bonchev–Trinajstić information content (AvgIpc) is 2.67. The lowest BCUT2D eigenvalue weighted by atomic mass is 9.99. The molecule has 0 amide bonds. The number of benzene rings is 3. The fourth-order valence-corrected chi connectivity index (χ4v) is 3.13. The zero-order valence-corrected chi connectivity index (χ0v) is 14.3. The van der Waals surface area contributed by atoms with E-state index in [0.717, 1.165) is 27.6 Å². The summed E-state index contributed by atoms with van der Waals surface area (Å²) in [6, 6.07) is 28.8. The predicted octanol–water partition coefficient (Wildman–Crippen LogP) is 6.73. The highest BCUT2D eigenvalue weighted by atomic mass is 35.5. The molecule has 0 unspecified atom stereocenters. The summed E-state index contributed by atoms with van der Waals surface area (Å²) in [5.74, 6) is 0. The molecule has 0 aliphatic carbocycles. The number of fused-ring (bicyclic) bond motifs is 1. The van der Waals surface area contributed by atoms with Gasteiger partial charge in [-0.15, -0.1) is 0 Å². The van der Waals surface area contributed by atoms with Crippen LogP contribution in [0.2, 0.25) is 5.15 Å². The zero-order valence-electron chi connectivity index (χ0n) is 13.6. The van der Waals surface area contributed by atoms with E-state index >= 15 is 0 Å². The summed E-state index contributed by atoms with van der Waals surface area (Å²) < 4.78 is 0. The molecule has 0 atom stereocenters. The summed E-state index contributed by atoms with van der Waals surface area (Å²) in [6.07, 6.45) is 4.24. The van der Waals surface area contributed by atoms with Gasteiger partial charge in [0.1, 0.15) is 5.15 Å². The summed E-state index contributed by atoms with van der Waals surface area (Å²) in [5.41, 5.74) is 5.47. The molecule has 0 N–H and O–H groups in total. The summed E-state index contributed by atoms with van der Waals surface area (Å²) in [6.45, 7) is 0. The molecule has 0 fully saturated rings. The van der Waals surface area contributed by atoms with Crippen molar-refractivity contribution in [3.05, 3.63) is 101 Å². The summed E-state index contributed by atoms with van der Waals surface area (Å²) >= 11 is 6.23. The van der Waals surface area contributed by atoms with E-state index in [1.807, 2.05) is 48.5 Å². The van der Waals surface area contributed by atoms with Gasteiger partial charge >= 0.3 is 0 Å². The van der Waals surface area contributed by atoms with Crippen LogP contribution in [-0.2, 0) is 0 Å². The molecule has 1 heterocycles. The van der Waals surface area contributed by atoms with Gasteiger partial charge in [-0.05, 0) is 40.5 Å². The Morgan fingerprint density at radius 3 is 2.12 bits per heavy atom. The van der Waals surface area contributed by atoms with Crippen LogP contribution in [0.3, 0.4) is 0 Å². The second-order valence-corrected chi connectivity index (χ2v) is 6.27. The van der Waals surface area contributed by atoms with Gasteiger partial charge in [0.05, 0.1) is 5.52 Å².